The Labute approximate surface area is 143 Å². The van der Waals surface area contributed by atoms with Crippen LogP contribution < -0.4 is 11.1 Å². The molecule has 2 unspecified atom stereocenters. The van der Waals surface area contributed by atoms with Gasteiger partial charge in [-0.1, -0.05) is 43.7 Å². The van der Waals surface area contributed by atoms with Crippen molar-refractivity contribution in [1.29, 1.82) is 0 Å². The molecule has 0 radical (unpaired) electrons. The first-order chi connectivity index (χ1) is 10.6. The van der Waals surface area contributed by atoms with E-state index in [1.165, 1.54) is 0 Å². The largest absolute Gasteiger partial charge is 0.348 e. The average Bonchev–Trinajstić information content (AvgIpc) is 2.56. The monoisotopic (exact) mass is 333 g/mol. The van der Waals surface area contributed by atoms with E-state index in [-0.39, 0.29) is 24.4 Å². The second kappa shape index (κ2) is 9.28. The van der Waals surface area contributed by atoms with Gasteiger partial charge in [0, 0.05) is 12.4 Å². The summed E-state index contributed by atoms with van der Waals surface area (Å²) in [5.74, 6) is -0.0920. The maximum absolute atomic E-state index is 12.0. The molecule has 1 aromatic heterocycles. The number of benzene rings is 1. The van der Waals surface area contributed by atoms with Gasteiger partial charge in [-0.2, -0.15) is 0 Å². The summed E-state index contributed by atoms with van der Waals surface area (Å²) >= 11 is 0. The summed E-state index contributed by atoms with van der Waals surface area (Å²) in [5.41, 5.74) is 9.08. The predicted octanol–water partition coefficient (Wildman–Crippen LogP) is 3.48. The van der Waals surface area contributed by atoms with Crippen LogP contribution in [0.15, 0.2) is 48.8 Å². The Balaban J connectivity index is 0.00000264. The van der Waals surface area contributed by atoms with Crippen molar-refractivity contribution in [3.63, 3.8) is 0 Å². The number of carbonyl (C=O) groups is 1. The first kappa shape index (κ1) is 19.1. The quantitative estimate of drug-likeness (QED) is 0.850. The highest BCUT2D eigenvalue weighted by atomic mass is 35.5. The molecule has 2 aromatic rings. The summed E-state index contributed by atoms with van der Waals surface area (Å²) in [4.78, 5) is 16.1. The van der Waals surface area contributed by atoms with Gasteiger partial charge in [0.15, 0.2) is 0 Å². The second-order valence-corrected chi connectivity index (χ2v) is 5.49. The number of pyridine rings is 1. The molecule has 4 nitrogen and oxygen atoms in total. The van der Waals surface area contributed by atoms with Crippen LogP contribution in [0.4, 0.5) is 0 Å². The molecular weight excluding hydrogens is 310 g/mol. The van der Waals surface area contributed by atoms with Crippen molar-refractivity contribution in [2.24, 2.45) is 5.73 Å². The molecule has 0 fully saturated rings. The van der Waals surface area contributed by atoms with Crippen LogP contribution in [-0.4, -0.2) is 16.9 Å². The number of hydrogen-bond donors (Lipinski definition) is 2. The van der Waals surface area contributed by atoms with Crippen molar-refractivity contribution < 1.29 is 4.79 Å². The fourth-order valence-electron chi connectivity index (χ4n) is 2.34. The van der Waals surface area contributed by atoms with Gasteiger partial charge in [-0.15, -0.1) is 12.4 Å². The molecule has 0 aliphatic heterocycles. The van der Waals surface area contributed by atoms with Crippen LogP contribution in [0.2, 0.25) is 0 Å². The molecule has 1 amide bonds. The zero-order valence-electron chi connectivity index (χ0n) is 13.5. The molecule has 2 atom stereocenters. The molecule has 1 heterocycles. The van der Waals surface area contributed by atoms with E-state index in [0.717, 1.165) is 23.1 Å². The number of rotatable bonds is 6. The molecular formula is C18H24ClN3O. The SMILES string of the molecule is CCCC(N)C(=O)NC(C)c1ccc(-c2cccnc2)cc1.Cl. The zero-order valence-corrected chi connectivity index (χ0v) is 14.3. The Hall–Kier alpha value is -1.91. The van der Waals surface area contributed by atoms with E-state index in [1.54, 1.807) is 6.20 Å². The van der Waals surface area contributed by atoms with Gasteiger partial charge in [-0.25, -0.2) is 0 Å². The van der Waals surface area contributed by atoms with Crippen LogP contribution in [0.1, 0.15) is 38.3 Å². The smallest absolute Gasteiger partial charge is 0.237 e. The Morgan fingerprint density at radius 2 is 1.91 bits per heavy atom. The molecule has 0 spiro atoms. The maximum atomic E-state index is 12.0. The van der Waals surface area contributed by atoms with Crippen molar-refractivity contribution >= 4 is 18.3 Å². The lowest BCUT2D eigenvalue weighted by Crippen LogP contribution is -2.41. The van der Waals surface area contributed by atoms with E-state index in [9.17, 15) is 4.79 Å². The number of aromatic nitrogens is 1. The molecule has 3 N–H and O–H groups in total. The van der Waals surface area contributed by atoms with Gasteiger partial charge in [0.25, 0.3) is 0 Å². The molecule has 124 valence electrons. The molecule has 0 saturated heterocycles. The lowest BCUT2D eigenvalue weighted by atomic mass is 10.0. The van der Waals surface area contributed by atoms with E-state index in [2.05, 4.69) is 10.3 Å². The summed E-state index contributed by atoms with van der Waals surface area (Å²) in [6, 6.07) is 11.6. The van der Waals surface area contributed by atoms with Crippen molar-refractivity contribution in [2.75, 3.05) is 0 Å². The third kappa shape index (κ3) is 5.34. The molecule has 0 bridgehead atoms. The standard InChI is InChI=1S/C18H23N3O.ClH/c1-3-5-17(19)18(22)21-13(2)14-7-9-15(10-8-14)16-6-4-11-20-12-16;/h4,6-13,17H,3,5,19H2,1-2H3,(H,21,22);1H. The number of nitrogens with two attached hydrogens (primary N) is 1. The maximum Gasteiger partial charge on any atom is 0.237 e. The Kier molecular flexibility index (Phi) is 7.72. The predicted molar refractivity (Wildman–Crippen MR) is 96.4 cm³/mol. The summed E-state index contributed by atoms with van der Waals surface area (Å²) in [5, 5.41) is 2.96. The van der Waals surface area contributed by atoms with Crippen LogP contribution in [0.25, 0.3) is 11.1 Å². The first-order valence-electron chi connectivity index (χ1n) is 7.68. The topological polar surface area (TPSA) is 68.0 Å². The van der Waals surface area contributed by atoms with Crippen LogP contribution in [0.3, 0.4) is 0 Å². The fourth-order valence-corrected chi connectivity index (χ4v) is 2.34. The fraction of sp³-hybridized carbons (Fsp3) is 0.333. The van der Waals surface area contributed by atoms with Gasteiger partial charge in [-0.05, 0) is 36.1 Å². The first-order valence-corrected chi connectivity index (χ1v) is 7.68. The molecule has 23 heavy (non-hydrogen) atoms. The minimum Gasteiger partial charge on any atom is -0.348 e. The van der Waals surface area contributed by atoms with E-state index >= 15 is 0 Å². The Morgan fingerprint density at radius 3 is 2.48 bits per heavy atom. The number of hydrogen-bond acceptors (Lipinski definition) is 3. The molecule has 1 aromatic carbocycles. The van der Waals surface area contributed by atoms with Crippen LogP contribution in [-0.2, 0) is 4.79 Å². The zero-order chi connectivity index (χ0) is 15.9. The number of halogens is 1. The third-order valence-electron chi connectivity index (χ3n) is 3.70. The van der Waals surface area contributed by atoms with Crippen molar-refractivity contribution in [3.05, 3.63) is 54.4 Å². The highest BCUT2D eigenvalue weighted by molar-refractivity contribution is 5.85. The van der Waals surface area contributed by atoms with Gasteiger partial charge < -0.3 is 11.1 Å². The molecule has 5 heteroatoms. The lowest BCUT2D eigenvalue weighted by Gasteiger charge is -2.18. The summed E-state index contributed by atoms with van der Waals surface area (Å²) in [7, 11) is 0. The van der Waals surface area contributed by atoms with E-state index < -0.39 is 6.04 Å². The Morgan fingerprint density at radius 1 is 1.22 bits per heavy atom. The van der Waals surface area contributed by atoms with E-state index in [1.807, 2.05) is 56.4 Å². The third-order valence-corrected chi connectivity index (χ3v) is 3.70. The average molecular weight is 334 g/mol. The number of carbonyl (C=O) groups excluding carboxylic acids is 1. The summed E-state index contributed by atoms with van der Waals surface area (Å²) in [6.45, 7) is 3.99. The molecule has 2 rings (SSSR count). The van der Waals surface area contributed by atoms with E-state index in [4.69, 9.17) is 5.73 Å². The van der Waals surface area contributed by atoms with Crippen molar-refractivity contribution in [1.82, 2.24) is 10.3 Å². The highest BCUT2D eigenvalue weighted by Crippen LogP contribution is 2.21. The van der Waals surface area contributed by atoms with Gasteiger partial charge >= 0.3 is 0 Å². The minimum atomic E-state index is -0.429. The van der Waals surface area contributed by atoms with Crippen molar-refractivity contribution in [3.8, 4) is 11.1 Å². The lowest BCUT2D eigenvalue weighted by molar-refractivity contribution is -0.123. The van der Waals surface area contributed by atoms with Crippen molar-refractivity contribution in [2.45, 2.75) is 38.8 Å². The van der Waals surface area contributed by atoms with Crippen LogP contribution in [0, 0.1) is 0 Å². The van der Waals surface area contributed by atoms with Crippen LogP contribution in [0.5, 0.6) is 0 Å². The number of amides is 1. The van der Waals surface area contributed by atoms with Gasteiger partial charge in [0.2, 0.25) is 5.91 Å². The molecule has 0 saturated carbocycles. The minimum absolute atomic E-state index is 0. The van der Waals surface area contributed by atoms with Gasteiger partial charge in [0.1, 0.15) is 0 Å². The second-order valence-electron chi connectivity index (χ2n) is 5.49. The molecule has 0 aliphatic rings. The van der Waals surface area contributed by atoms with Gasteiger partial charge in [0.05, 0.1) is 12.1 Å². The van der Waals surface area contributed by atoms with Crippen LogP contribution >= 0.6 is 12.4 Å². The number of nitrogens with one attached hydrogen (secondary N) is 1. The normalized spacial score (nSPS) is 12.8. The number of nitrogens with zero attached hydrogens (tertiary/aromatic N) is 1. The highest BCUT2D eigenvalue weighted by Gasteiger charge is 2.15. The summed E-state index contributed by atoms with van der Waals surface area (Å²) in [6.07, 6.45) is 5.21. The van der Waals surface area contributed by atoms with Gasteiger partial charge in [-0.3, -0.25) is 9.78 Å². The summed E-state index contributed by atoms with van der Waals surface area (Å²) < 4.78 is 0. The molecule has 0 aliphatic carbocycles. The van der Waals surface area contributed by atoms with E-state index in [0.29, 0.717) is 6.42 Å². The Bertz CT molecular complexity index is 601.